The molecule has 0 bridgehead atoms. The summed E-state index contributed by atoms with van der Waals surface area (Å²) in [6.45, 7) is 3.39. The lowest BCUT2D eigenvalue weighted by Gasteiger charge is -2.25. The van der Waals surface area contributed by atoms with Gasteiger partial charge in [-0.1, -0.05) is 0 Å². The third-order valence-electron chi connectivity index (χ3n) is 2.19. The van der Waals surface area contributed by atoms with Gasteiger partial charge < -0.3 is 16.0 Å². The Morgan fingerprint density at radius 1 is 1.31 bits per heavy atom. The van der Waals surface area contributed by atoms with Crippen LogP contribution in [-0.4, -0.2) is 48.7 Å². The van der Waals surface area contributed by atoms with Crippen LogP contribution in [0.4, 0.5) is 0 Å². The number of carbonyl (C=O) groups excluding carboxylic acids is 3. The highest BCUT2D eigenvalue weighted by atomic mass is 16.2. The average molecular weight is 229 g/mol. The van der Waals surface area contributed by atoms with E-state index in [9.17, 15) is 14.4 Å². The molecule has 1 unspecified atom stereocenters. The second kappa shape index (κ2) is 6.95. The monoisotopic (exact) mass is 229 g/mol. The Kier molecular flexibility index (Phi) is 6.32. The number of hydrogen-bond acceptors (Lipinski definition) is 4. The van der Waals surface area contributed by atoms with Crippen LogP contribution in [0.25, 0.3) is 0 Å². The van der Waals surface area contributed by atoms with E-state index in [1.807, 2.05) is 0 Å². The summed E-state index contributed by atoms with van der Waals surface area (Å²) in [4.78, 5) is 35.1. The largest absolute Gasteiger partial charge is 0.353 e. The number of likely N-dealkylation sites (N-methyl/N-ethyl adjacent to an activating group) is 1. The van der Waals surface area contributed by atoms with Crippen molar-refractivity contribution in [2.75, 3.05) is 20.1 Å². The van der Waals surface area contributed by atoms with Crippen LogP contribution < -0.4 is 11.1 Å². The maximum atomic E-state index is 11.7. The Morgan fingerprint density at radius 3 is 2.25 bits per heavy atom. The maximum Gasteiger partial charge on any atom is 0.243 e. The number of Topliss-reactive ketones (excluding diaryl/α,β-unsaturated/α-hetero) is 1. The van der Waals surface area contributed by atoms with Crippen LogP contribution in [0.15, 0.2) is 0 Å². The zero-order valence-electron chi connectivity index (χ0n) is 9.95. The van der Waals surface area contributed by atoms with Gasteiger partial charge in [0, 0.05) is 33.5 Å². The predicted octanol–water partition coefficient (Wildman–Crippen LogP) is -1.11. The lowest BCUT2D eigenvalue weighted by atomic mass is 10.1. The summed E-state index contributed by atoms with van der Waals surface area (Å²) >= 11 is 0. The van der Waals surface area contributed by atoms with Crippen LogP contribution in [0.2, 0.25) is 0 Å². The van der Waals surface area contributed by atoms with Gasteiger partial charge in [-0.25, -0.2) is 0 Å². The van der Waals surface area contributed by atoms with Gasteiger partial charge in [0.1, 0.15) is 11.8 Å². The highest BCUT2D eigenvalue weighted by Gasteiger charge is 2.25. The molecule has 6 heteroatoms. The molecule has 0 aromatic carbocycles. The lowest BCUT2D eigenvalue weighted by molar-refractivity contribution is -0.139. The average Bonchev–Trinajstić information content (AvgIpc) is 2.21. The highest BCUT2D eigenvalue weighted by Crippen LogP contribution is 2.03. The van der Waals surface area contributed by atoms with E-state index in [1.165, 1.54) is 25.8 Å². The Hall–Kier alpha value is -1.43. The maximum absolute atomic E-state index is 11.7. The van der Waals surface area contributed by atoms with E-state index in [4.69, 9.17) is 5.73 Å². The molecule has 0 saturated heterocycles. The zero-order chi connectivity index (χ0) is 12.7. The molecule has 0 aliphatic heterocycles. The van der Waals surface area contributed by atoms with E-state index in [0.29, 0.717) is 13.1 Å². The first-order valence-electron chi connectivity index (χ1n) is 5.10. The van der Waals surface area contributed by atoms with Crippen molar-refractivity contribution in [3.05, 3.63) is 0 Å². The van der Waals surface area contributed by atoms with Gasteiger partial charge in [-0.15, -0.1) is 0 Å². The highest BCUT2D eigenvalue weighted by molar-refractivity contribution is 5.91. The number of rotatable bonds is 6. The topological polar surface area (TPSA) is 92.5 Å². The van der Waals surface area contributed by atoms with Crippen molar-refractivity contribution in [2.24, 2.45) is 5.73 Å². The van der Waals surface area contributed by atoms with Crippen molar-refractivity contribution < 1.29 is 14.4 Å². The Morgan fingerprint density at radius 2 is 1.88 bits per heavy atom. The van der Waals surface area contributed by atoms with Crippen molar-refractivity contribution in [1.29, 1.82) is 0 Å². The first kappa shape index (κ1) is 14.6. The van der Waals surface area contributed by atoms with Crippen molar-refractivity contribution >= 4 is 17.6 Å². The third-order valence-corrected chi connectivity index (χ3v) is 2.19. The molecular formula is C10H19N3O3. The molecule has 0 radical (unpaired) electrons. The fourth-order valence-corrected chi connectivity index (χ4v) is 1.21. The summed E-state index contributed by atoms with van der Waals surface area (Å²) in [5, 5.41) is 2.56. The second-order valence-electron chi connectivity index (χ2n) is 3.63. The van der Waals surface area contributed by atoms with E-state index >= 15 is 0 Å². The molecule has 0 heterocycles. The van der Waals surface area contributed by atoms with Crippen LogP contribution in [0.1, 0.15) is 20.3 Å². The molecule has 1 atom stereocenters. The summed E-state index contributed by atoms with van der Waals surface area (Å²) in [5.74, 6) is -0.742. The first-order valence-corrected chi connectivity index (χ1v) is 5.10. The molecule has 92 valence electrons. The molecule has 0 fully saturated rings. The molecule has 16 heavy (non-hydrogen) atoms. The Balaban J connectivity index is 4.58. The molecule has 3 N–H and O–H groups in total. The summed E-state index contributed by atoms with van der Waals surface area (Å²) in [6, 6.07) is -0.749. The van der Waals surface area contributed by atoms with Crippen LogP contribution in [0, 0.1) is 0 Å². The van der Waals surface area contributed by atoms with Gasteiger partial charge in [-0.2, -0.15) is 0 Å². The van der Waals surface area contributed by atoms with E-state index in [0.717, 1.165) is 0 Å². The third kappa shape index (κ3) is 4.88. The fraction of sp³-hybridized carbons (Fsp3) is 0.700. The SMILES string of the molecule is CC(=O)CC(C(=O)NCCN)N(C)C(C)=O. The van der Waals surface area contributed by atoms with E-state index < -0.39 is 6.04 Å². The minimum Gasteiger partial charge on any atom is -0.353 e. The molecule has 6 nitrogen and oxygen atoms in total. The van der Waals surface area contributed by atoms with Gasteiger partial charge >= 0.3 is 0 Å². The number of hydrogen-bond donors (Lipinski definition) is 2. The predicted molar refractivity (Wildman–Crippen MR) is 59.6 cm³/mol. The zero-order valence-corrected chi connectivity index (χ0v) is 9.95. The molecule has 2 amide bonds. The van der Waals surface area contributed by atoms with Gasteiger partial charge in [0.05, 0.1) is 0 Å². The standard InChI is InChI=1S/C10H19N3O3/c1-7(14)6-9(13(3)8(2)15)10(16)12-5-4-11/h9H,4-6,11H2,1-3H3,(H,12,16). The normalized spacial score (nSPS) is 11.8. The molecule has 0 aliphatic rings. The van der Waals surface area contributed by atoms with Gasteiger partial charge in [-0.3, -0.25) is 14.4 Å². The van der Waals surface area contributed by atoms with Crippen LogP contribution in [0.5, 0.6) is 0 Å². The molecule has 0 spiro atoms. The Bertz CT molecular complexity index is 278. The second-order valence-corrected chi connectivity index (χ2v) is 3.63. The molecule has 0 saturated carbocycles. The minimum atomic E-state index is -0.749. The van der Waals surface area contributed by atoms with E-state index in [-0.39, 0.29) is 24.0 Å². The number of amides is 2. The van der Waals surface area contributed by atoms with Crippen molar-refractivity contribution in [3.8, 4) is 0 Å². The van der Waals surface area contributed by atoms with Crippen LogP contribution in [0.3, 0.4) is 0 Å². The van der Waals surface area contributed by atoms with Crippen LogP contribution in [-0.2, 0) is 14.4 Å². The van der Waals surface area contributed by atoms with Gasteiger partial charge in [0.15, 0.2) is 0 Å². The van der Waals surface area contributed by atoms with Gasteiger partial charge in [0.2, 0.25) is 11.8 Å². The van der Waals surface area contributed by atoms with Crippen LogP contribution >= 0.6 is 0 Å². The summed E-state index contributed by atoms with van der Waals surface area (Å²) < 4.78 is 0. The fourth-order valence-electron chi connectivity index (χ4n) is 1.21. The number of carbonyl (C=O) groups is 3. The van der Waals surface area contributed by atoms with Gasteiger partial charge in [-0.05, 0) is 6.92 Å². The van der Waals surface area contributed by atoms with Crippen molar-refractivity contribution in [3.63, 3.8) is 0 Å². The summed E-state index contributed by atoms with van der Waals surface area (Å²) in [7, 11) is 1.50. The number of nitrogens with one attached hydrogen (secondary N) is 1. The number of ketones is 1. The van der Waals surface area contributed by atoms with Crippen molar-refractivity contribution in [2.45, 2.75) is 26.3 Å². The number of nitrogens with zero attached hydrogens (tertiary/aromatic N) is 1. The lowest BCUT2D eigenvalue weighted by Crippen LogP contribution is -2.48. The molecule has 0 aromatic heterocycles. The summed E-state index contributed by atoms with van der Waals surface area (Å²) in [6.07, 6.45) is 0.0203. The first-order chi connectivity index (χ1) is 7.40. The Labute approximate surface area is 95.2 Å². The van der Waals surface area contributed by atoms with E-state index in [1.54, 1.807) is 0 Å². The number of nitrogens with two attached hydrogens (primary N) is 1. The van der Waals surface area contributed by atoms with E-state index in [2.05, 4.69) is 5.32 Å². The molecule has 0 aromatic rings. The van der Waals surface area contributed by atoms with Crippen molar-refractivity contribution in [1.82, 2.24) is 10.2 Å². The smallest absolute Gasteiger partial charge is 0.243 e. The molecule has 0 rings (SSSR count). The van der Waals surface area contributed by atoms with Gasteiger partial charge in [0.25, 0.3) is 0 Å². The summed E-state index contributed by atoms with van der Waals surface area (Å²) in [5.41, 5.74) is 5.25. The molecule has 0 aliphatic carbocycles. The quantitative estimate of drug-likeness (QED) is 0.604. The molecular weight excluding hydrogens is 210 g/mol. The minimum absolute atomic E-state index is 0.0203.